The van der Waals surface area contributed by atoms with Gasteiger partial charge in [-0.1, -0.05) is 6.42 Å². The van der Waals surface area contributed by atoms with E-state index in [4.69, 9.17) is 0 Å². The smallest absolute Gasteiger partial charge is 0.253 e. The fourth-order valence-corrected chi connectivity index (χ4v) is 4.45. The first kappa shape index (κ1) is 20.2. The van der Waals surface area contributed by atoms with Gasteiger partial charge in [-0.3, -0.25) is 19.4 Å². The molecule has 1 N–H and O–H groups in total. The van der Waals surface area contributed by atoms with Crippen LogP contribution in [-0.2, 0) is 4.79 Å². The third-order valence-corrected chi connectivity index (χ3v) is 6.70. The second-order valence-electron chi connectivity index (χ2n) is 8.40. The summed E-state index contributed by atoms with van der Waals surface area (Å²) < 4.78 is 0. The Morgan fingerprint density at radius 2 is 1.52 bits per heavy atom. The van der Waals surface area contributed by atoms with E-state index in [1.807, 2.05) is 41.1 Å². The summed E-state index contributed by atoms with van der Waals surface area (Å²) in [5.74, 6) is 0.312. The molecular weight excluding hydrogens is 366 g/mol. The van der Waals surface area contributed by atoms with E-state index >= 15 is 0 Å². The Morgan fingerprint density at radius 1 is 0.897 bits per heavy atom. The number of rotatable bonds is 5. The van der Waals surface area contributed by atoms with E-state index in [9.17, 15) is 9.59 Å². The minimum atomic E-state index is 0.0748. The number of anilines is 1. The van der Waals surface area contributed by atoms with E-state index in [-0.39, 0.29) is 11.8 Å². The molecule has 2 saturated heterocycles. The zero-order valence-corrected chi connectivity index (χ0v) is 17.5. The minimum Gasteiger partial charge on any atom is -0.388 e. The number of amides is 2. The molecule has 2 heterocycles. The normalized spacial score (nSPS) is 21.7. The van der Waals surface area contributed by atoms with Gasteiger partial charge in [-0.15, -0.1) is 0 Å². The average molecular weight is 400 g/mol. The highest BCUT2D eigenvalue weighted by atomic mass is 16.2. The van der Waals surface area contributed by atoms with E-state index in [0.29, 0.717) is 19.6 Å². The van der Waals surface area contributed by atoms with E-state index in [1.165, 1.54) is 19.3 Å². The molecule has 0 aromatic heterocycles. The van der Waals surface area contributed by atoms with Gasteiger partial charge < -0.3 is 15.1 Å². The lowest BCUT2D eigenvalue weighted by Crippen LogP contribution is -2.56. The highest BCUT2D eigenvalue weighted by Gasteiger charge is 2.30. The van der Waals surface area contributed by atoms with Crippen molar-refractivity contribution in [3.8, 4) is 0 Å². The molecule has 3 fully saturated rings. The number of benzene rings is 1. The van der Waals surface area contributed by atoms with Crippen LogP contribution in [0, 0.1) is 0 Å². The molecule has 2 amide bonds. The number of carbonyl (C=O) groups is 2. The van der Waals surface area contributed by atoms with Crippen LogP contribution in [0.25, 0.3) is 0 Å². The van der Waals surface area contributed by atoms with Gasteiger partial charge in [-0.05, 0) is 37.1 Å². The lowest BCUT2D eigenvalue weighted by molar-refractivity contribution is -0.135. The SMILES string of the molecule is CNc1ccc(C(=O)N2CCN(CC(=O)N3CCN(C4CCC4)CC3)CC2)cc1. The molecule has 0 radical (unpaired) electrons. The topological polar surface area (TPSA) is 59.1 Å². The fraction of sp³-hybridized carbons (Fsp3) is 0.636. The Bertz CT molecular complexity index is 702. The Labute approximate surface area is 173 Å². The number of hydrogen-bond acceptors (Lipinski definition) is 5. The van der Waals surface area contributed by atoms with Crippen LogP contribution in [0.15, 0.2) is 24.3 Å². The molecule has 1 saturated carbocycles. The molecule has 0 atom stereocenters. The molecule has 1 aromatic carbocycles. The van der Waals surface area contributed by atoms with Crippen molar-refractivity contribution in [2.45, 2.75) is 25.3 Å². The number of nitrogens with one attached hydrogen (secondary N) is 1. The first-order chi connectivity index (χ1) is 14.1. The summed E-state index contributed by atoms with van der Waals surface area (Å²) in [6, 6.07) is 8.35. The lowest BCUT2D eigenvalue weighted by atomic mass is 9.91. The molecule has 2 aliphatic heterocycles. The van der Waals surface area contributed by atoms with Gasteiger partial charge >= 0.3 is 0 Å². The molecule has 29 heavy (non-hydrogen) atoms. The zero-order valence-electron chi connectivity index (χ0n) is 17.5. The second-order valence-corrected chi connectivity index (χ2v) is 8.40. The van der Waals surface area contributed by atoms with Crippen molar-refractivity contribution in [1.29, 1.82) is 0 Å². The van der Waals surface area contributed by atoms with Crippen molar-refractivity contribution in [2.24, 2.45) is 0 Å². The van der Waals surface area contributed by atoms with Gasteiger partial charge in [-0.2, -0.15) is 0 Å². The highest BCUT2D eigenvalue weighted by molar-refractivity contribution is 5.94. The predicted molar refractivity (Wildman–Crippen MR) is 114 cm³/mol. The van der Waals surface area contributed by atoms with Crippen LogP contribution in [0.5, 0.6) is 0 Å². The van der Waals surface area contributed by atoms with Gasteiger partial charge in [0.1, 0.15) is 0 Å². The van der Waals surface area contributed by atoms with Crippen LogP contribution in [0.3, 0.4) is 0 Å². The Hall–Kier alpha value is -2.12. The molecule has 7 heteroatoms. The van der Waals surface area contributed by atoms with E-state index in [0.717, 1.165) is 56.6 Å². The molecular formula is C22H33N5O2. The molecule has 4 rings (SSSR count). The van der Waals surface area contributed by atoms with Gasteiger partial charge in [0.2, 0.25) is 5.91 Å². The van der Waals surface area contributed by atoms with Gasteiger partial charge in [0, 0.05) is 76.7 Å². The predicted octanol–water partition coefficient (Wildman–Crippen LogP) is 1.18. The van der Waals surface area contributed by atoms with Crippen LogP contribution < -0.4 is 5.32 Å². The number of hydrogen-bond donors (Lipinski definition) is 1. The molecule has 1 aromatic rings. The van der Waals surface area contributed by atoms with Gasteiger partial charge in [0.25, 0.3) is 5.91 Å². The largest absolute Gasteiger partial charge is 0.388 e. The standard InChI is InChI=1S/C22H33N5O2/c1-23-19-7-5-18(6-8-19)22(29)27-11-9-24(10-12-27)17-21(28)26-15-13-25(14-16-26)20-3-2-4-20/h5-8,20,23H,2-4,9-17H2,1H3. The van der Waals surface area contributed by atoms with Crippen molar-refractivity contribution in [3.05, 3.63) is 29.8 Å². The molecule has 7 nitrogen and oxygen atoms in total. The van der Waals surface area contributed by atoms with Crippen LogP contribution in [-0.4, -0.2) is 103 Å². The maximum absolute atomic E-state index is 12.7. The van der Waals surface area contributed by atoms with Crippen LogP contribution >= 0.6 is 0 Å². The van der Waals surface area contributed by atoms with Crippen molar-refractivity contribution in [3.63, 3.8) is 0 Å². The quantitative estimate of drug-likeness (QED) is 0.806. The van der Waals surface area contributed by atoms with Crippen molar-refractivity contribution >= 4 is 17.5 Å². The monoisotopic (exact) mass is 399 g/mol. The van der Waals surface area contributed by atoms with Gasteiger partial charge in [0.05, 0.1) is 6.54 Å². The van der Waals surface area contributed by atoms with Gasteiger partial charge in [0.15, 0.2) is 0 Å². The van der Waals surface area contributed by atoms with E-state index in [2.05, 4.69) is 15.1 Å². The van der Waals surface area contributed by atoms with Crippen molar-refractivity contribution in [1.82, 2.24) is 19.6 Å². The Morgan fingerprint density at radius 3 is 2.07 bits per heavy atom. The summed E-state index contributed by atoms with van der Waals surface area (Å²) in [6.45, 7) is 7.10. The minimum absolute atomic E-state index is 0.0748. The molecule has 0 bridgehead atoms. The summed E-state index contributed by atoms with van der Waals surface area (Å²) in [5, 5.41) is 3.07. The summed E-state index contributed by atoms with van der Waals surface area (Å²) in [4.78, 5) is 34.1. The van der Waals surface area contributed by atoms with Crippen LogP contribution in [0.1, 0.15) is 29.6 Å². The number of carbonyl (C=O) groups excluding carboxylic acids is 2. The first-order valence-corrected chi connectivity index (χ1v) is 11.0. The summed E-state index contributed by atoms with van der Waals surface area (Å²) in [7, 11) is 1.87. The van der Waals surface area contributed by atoms with E-state index < -0.39 is 0 Å². The summed E-state index contributed by atoms with van der Waals surface area (Å²) in [5.41, 5.74) is 1.72. The first-order valence-electron chi connectivity index (χ1n) is 11.0. The van der Waals surface area contributed by atoms with E-state index in [1.54, 1.807) is 0 Å². The van der Waals surface area contributed by atoms with Crippen molar-refractivity contribution in [2.75, 3.05) is 71.3 Å². The van der Waals surface area contributed by atoms with Gasteiger partial charge in [-0.25, -0.2) is 0 Å². The van der Waals surface area contributed by atoms with Crippen LogP contribution in [0.4, 0.5) is 5.69 Å². The number of nitrogens with zero attached hydrogens (tertiary/aromatic N) is 4. The second kappa shape index (κ2) is 9.13. The maximum atomic E-state index is 12.7. The number of piperazine rings is 2. The molecule has 158 valence electrons. The average Bonchev–Trinajstić information content (AvgIpc) is 2.73. The molecule has 0 spiro atoms. The zero-order chi connectivity index (χ0) is 20.2. The Kier molecular flexibility index (Phi) is 6.35. The summed E-state index contributed by atoms with van der Waals surface area (Å²) in [6.07, 6.45) is 4.02. The highest BCUT2D eigenvalue weighted by Crippen LogP contribution is 2.25. The molecule has 1 aliphatic carbocycles. The van der Waals surface area contributed by atoms with Crippen molar-refractivity contribution < 1.29 is 9.59 Å². The third kappa shape index (κ3) is 4.73. The van der Waals surface area contributed by atoms with Crippen LogP contribution in [0.2, 0.25) is 0 Å². The third-order valence-electron chi connectivity index (χ3n) is 6.70. The lowest BCUT2D eigenvalue weighted by Gasteiger charge is -2.43. The molecule has 0 unspecified atom stereocenters. The Balaban J connectivity index is 1.20. The summed E-state index contributed by atoms with van der Waals surface area (Å²) >= 11 is 0. The fourth-order valence-electron chi connectivity index (χ4n) is 4.45. The maximum Gasteiger partial charge on any atom is 0.253 e. The molecule has 3 aliphatic rings.